The van der Waals surface area contributed by atoms with E-state index in [9.17, 15) is 9.59 Å². The Hall–Kier alpha value is -2.55. The molecule has 9 heteroatoms. The molecule has 0 bridgehead atoms. The van der Waals surface area contributed by atoms with E-state index in [0.717, 1.165) is 65.9 Å². The summed E-state index contributed by atoms with van der Waals surface area (Å²) < 4.78 is 0. The summed E-state index contributed by atoms with van der Waals surface area (Å²) in [5.74, 6) is 1.93. The minimum Gasteiger partial charge on any atom is -0.350 e. The van der Waals surface area contributed by atoms with Crippen molar-refractivity contribution in [3.05, 3.63) is 28.7 Å². The molecule has 1 saturated carbocycles. The van der Waals surface area contributed by atoms with E-state index >= 15 is 0 Å². The topological polar surface area (TPSA) is 100 Å². The van der Waals surface area contributed by atoms with Gasteiger partial charge in [-0.3, -0.25) is 9.59 Å². The molecular formula is C24H34N6O2S. The Bertz CT molecular complexity index is 993. The first-order chi connectivity index (χ1) is 15.8. The third-order valence-electron chi connectivity index (χ3n) is 6.68. The second kappa shape index (κ2) is 10.2. The van der Waals surface area contributed by atoms with Gasteiger partial charge in [0.15, 0.2) is 5.13 Å². The molecule has 2 aromatic heterocycles. The second-order valence-electron chi connectivity index (χ2n) is 9.51. The molecule has 0 radical (unpaired) electrons. The molecule has 2 N–H and O–H groups in total. The fourth-order valence-corrected chi connectivity index (χ4v) is 5.77. The van der Waals surface area contributed by atoms with Gasteiger partial charge in [-0.15, -0.1) is 11.3 Å². The summed E-state index contributed by atoms with van der Waals surface area (Å²) in [6, 6.07) is 1.94. The van der Waals surface area contributed by atoms with E-state index in [1.54, 1.807) is 18.3 Å². The van der Waals surface area contributed by atoms with E-state index in [-0.39, 0.29) is 23.3 Å². The van der Waals surface area contributed by atoms with Gasteiger partial charge in [-0.1, -0.05) is 19.3 Å². The van der Waals surface area contributed by atoms with Gasteiger partial charge < -0.3 is 15.5 Å². The van der Waals surface area contributed by atoms with Crippen LogP contribution in [0.1, 0.15) is 80.6 Å². The van der Waals surface area contributed by atoms with E-state index < -0.39 is 0 Å². The van der Waals surface area contributed by atoms with Crippen molar-refractivity contribution in [2.24, 2.45) is 0 Å². The first-order valence-electron chi connectivity index (χ1n) is 11.9. The molecular weight excluding hydrogens is 436 g/mol. The Kier molecular flexibility index (Phi) is 7.26. The third kappa shape index (κ3) is 6.07. The summed E-state index contributed by atoms with van der Waals surface area (Å²) in [5.41, 5.74) is 0.552. The summed E-state index contributed by atoms with van der Waals surface area (Å²) in [4.78, 5) is 41.8. The Morgan fingerprint density at radius 3 is 2.52 bits per heavy atom. The molecule has 3 heterocycles. The van der Waals surface area contributed by atoms with Crippen molar-refractivity contribution in [2.45, 2.75) is 83.6 Å². The molecule has 8 nitrogen and oxygen atoms in total. The van der Waals surface area contributed by atoms with Crippen molar-refractivity contribution >= 4 is 34.1 Å². The lowest BCUT2D eigenvalue weighted by Crippen LogP contribution is -2.53. The molecule has 2 amide bonds. The number of nitrogens with one attached hydrogen (secondary N) is 2. The number of hydrogen-bond donors (Lipinski definition) is 2. The smallest absolute Gasteiger partial charge is 0.224 e. The fraction of sp³-hybridized carbons (Fsp3) is 0.625. The standard InChI is InChI=1S/C24H34N6O2S/c1-16-13-20(28-23-25-15-17(2)33-23)27-22(26-16)19-7-11-30(12-8-19)21(32)14-24(29-18(3)31)9-5-4-6-10-24/h13,15,19H,4-12,14H2,1-3H3,(H,29,31)(H,25,26,27,28). The molecule has 2 aliphatic rings. The number of amides is 2. The number of carbonyl (C=O) groups is 2. The number of anilines is 2. The molecule has 0 aromatic carbocycles. The molecule has 1 saturated heterocycles. The fourth-order valence-electron chi connectivity index (χ4n) is 5.10. The van der Waals surface area contributed by atoms with Gasteiger partial charge in [-0.2, -0.15) is 0 Å². The molecule has 1 aliphatic carbocycles. The quantitative estimate of drug-likeness (QED) is 0.655. The zero-order valence-electron chi connectivity index (χ0n) is 19.8. The lowest BCUT2D eigenvalue weighted by molar-refractivity contribution is -0.135. The zero-order chi connectivity index (χ0) is 23.4. The average molecular weight is 471 g/mol. The van der Waals surface area contributed by atoms with Crippen LogP contribution in [0.4, 0.5) is 10.9 Å². The first kappa shape index (κ1) is 23.6. The number of hydrogen-bond acceptors (Lipinski definition) is 7. The van der Waals surface area contributed by atoms with Gasteiger partial charge in [0.1, 0.15) is 11.6 Å². The Balaban J connectivity index is 1.37. The maximum Gasteiger partial charge on any atom is 0.224 e. The van der Waals surface area contributed by atoms with Crippen LogP contribution < -0.4 is 10.6 Å². The molecule has 1 aliphatic heterocycles. The van der Waals surface area contributed by atoms with E-state index in [2.05, 4.69) is 15.6 Å². The highest BCUT2D eigenvalue weighted by atomic mass is 32.1. The first-order valence-corrected chi connectivity index (χ1v) is 12.8. The Morgan fingerprint density at radius 1 is 1.15 bits per heavy atom. The number of carbonyl (C=O) groups excluding carboxylic acids is 2. The number of nitrogens with zero attached hydrogens (tertiary/aromatic N) is 4. The highest BCUT2D eigenvalue weighted by Crippen LogP contribution is 2.33. The van der Waals surface area contributed by atoms with Gasteiger partial charge in [0.05, 0.1) is 0 Å². The summed E-state index contributed by atoms with van der Waals surface area (Å²) in [5, 5.41) is 7.24. The van der Waals surface area contributed by atoms with E-state index in [1.165, 1.54) is 6.42 Å². The number of rotatable bonds is 6. The Morgan fingerprint density at radius 2 is 1.88 bits per heavy atom. The van der Waals surface area contributed by atoms with Crippen molar-refractivity contribution < 1.29 is 9.59 Å². The van der Waals surface area contributed by atoms with Gasteiger partial charge >= 0.3 is 0 Å². The van der Waals surface area contributed by atoms with Crippen LogP contribution in [0.3, 0.4) is 0 Å². The van der Waals surface area contributed by atoms with Crippen LogP contribution in [0, 0.1) is 13.8 Å². The number of aryl methyl sites for hydroxylation is 2. The highest BCUT2D eigenvalue weighted by Gasteiger charge is 2.37. The monoisotopic (exact) mass is 470 g/mol. The highest BCUT2D eigenvalue weighted by molar-refractivity contribution is 7.15. The van der Waals surface area contributed by atoms with Gasteiger partial charge in [0.25, 0.3) is 0 Å². The number of thiazole rings is 1. The zero-order valence-corrected chi connectivity index (χ0v) is 20.6. The van der Waals surface area contributed by atoms with Crippen molar-refractivity contribution in [2.75, 3.05) is 18.4 Å². The van der Waals surface area contributed by atoms with Crippen molar-refractivity contribution in [3.8, 4) is 0 Å². The maximum atomic E-state index is 13.1. The van der Waals surface area contributed by atoms with Crippen molar-refractivity contribution in [1.82, 2.24) is 25.2 Å². The maximum absolute atomic E-state index is 13.1. The summed E-state index contributed by atoms with van der Waals surface area (Å²) in [7, 11) is 0. The third-order valence-corrected chi connectivity index (χ3v) is 7.51. The normalized spacial score (nSPS) is 18.7. The minimum absolute atomic E-state index is 0.0441. The SMILES string of the molecule is CC(=O)NC1(CC(=O)N2CCC(c3nc(C)cc(Nc4ncc(C)s4)n3)CC2)CCCCC1. The molecule has 0 atom stereocenters. The van der Waals surface area contributed by atoms with Gasteiger partial charge in [0.2, 0.25) is 11.8 Å². The molecule has 178 valence electrons. The number of piperidine rings is 1. The number of aromatic nitrogens is 3. The van der Waals surface area contributed by atoms with E-state index in [4.69, 9.17) is 9.97 Å². The van der Waals surface area contributed by atoms with Gasteiger partial charge in [0, 0.05) is 60.7 Å². The lowest BCUT2D eigenvalue weighted by Gasteiger charge is -2.40. The van der Waals surface area contributed by atoms with Crippen LogP contribution in [-0.2, 0) is 9.59 Å². The second-order valence-corrected chi connectivity index (χ2v) is 10.7. The average Bonchev–Trinajstić information content (AvgIpc) is 3.18. The van der Waals surface area contributed by atoms with Gasteiger partial charge in [-0.25, -0.2) is 15.0 Å². The van der Waals surface area contributed by atoms with Gasteiger partial charge in [-0.05, 0) is 39.5 Å². The lowest BCUT2D eigenvalue weighted by atomic mass is 9.78. The van der Waals surface area contributed by atoms with Crippen LogP contribution in [0.15, 0.2) is 12.3 Å². The Labute approximate surface area is 199 Å². The minimum atomic E-state index is -0.369. The predicted molar refractivity (Wildman–Crippen MR) is 130 cm³/mol. The summed E-state index contributed by atoms with van der Waals surface area (Å²) in [6.07, 6.45) is 9.03. The molecule has 4 rings (SSSR count). The van der Waals surface area contributed by atoms with Crippen molar-refractivity contribution in [1.29, 1.82) is 0 Å². The molecule has 2 fully saturated rings. The van der Waals surface area contributed by atoms with Crippen LogP contribution in [0.25, 0.3) is 0 Å². The molecule has 0 spiro atoms. The predicted octanol–water partition coefficient (Wildman–Crippen LogP) is 4.23. The van der Waals surface area contributed by atoms with Crippen LogP contribution in [0.2, 0.25) is 0 Å². The summed E-state index contributed by atoms with van der Waals surface area (Å²) in [6.45, 7) is 6.96. The van der Waals surface area contributed by atoms with Crippen LogP contribution in [0.5, 0.6) is 0 Å². The van der Waals surface area contributed by atoms with E-state index in [0.29, 0.717) is 19.5 Å². The largest absolute Gasteiger partial charge is 0.350 e. The molecule has 0 unspecified atom stereocenters. The summed E-state index contributed by atoms with van der Waals surface area (Å²) >= 11 is 1.60. The number of likely N-dealkylation sites (tertiary alicyclic amines) is 1. The van der Waals surface area contributed by atoms with Crippen molar-refractivity contribution in [3.63, 3.8) is 0 Å². The van der Waals surface area contributed by atoms with Crippen LogP contribution >= 0.6 is 11.3 Å². The van der Waals surface area contributed by atoms with E-state index in [1.807, 2.05) is 31.0 Å². The van der Waals surface area contributed by atoms with Crippen LogP contribution in [-0.4, -0.2) is 50.3 Å². The molecule has 2 aromatic rings. The molecule has 33 heavy (non-hydrogen) atoms.